The maximum Gasteiger partial charge on any atom is 0.407 e. The van der Waals surface area contributed by atoms with E-state index < -0.39 is 11.8 Å². The van der Waals surface area contributed by atoms with E-state index in [0.29, 0.717) is 5.69 Å². The Labute approximate surface area is 92.5 Å². The highest BCUT2D eigenvalue weighted by molar-refractivity contribution is 5.66. The van der Waals surface area contributed by atoms with Gasteiger partial charge in [0.2, 0.25) is 0 Å². The molecule has 1 saturated heterocycles. The van der Waals surface area contributed by atoms with E-state index in [0.717, 1.165) is 10.5 Å². The highest BCUT2D eigenvalue weighted by atomic mass is 19.1. The zero-order valence-corrected chi connectivity index (χ0v) is 8.69. The second-order valence-electron chi connectivity index (χ2n) is 4.21. The average molecular weight is 224 g/mol. The number of carboxylic acid groups (broad SMARTS) is 1. The third-order valence-electron chi connectivity index (χ3n) is 2.72. The quantitative estimate of drug-likeness (QED) is 0.748. The van der Waals surface area contributed by atoms with E-state index in [1.807, 2.05) is 0 Å². The summed E-state index contributed by atoms with van der Waals surface area (Å²) >= 11 is 0. The van der Waals surface area contributed by atoms with Gasteiger partial charge in [-0.05, 0) is 17.7 Å². The number of hydrogen-bond donors (Lipinski definition) is 2. The molecule has 16 heavy (non-hydrogen) atoms. The molecule has 1 fully saturated rings. The molecule has 3 N–H and O–H groups in total. The van der Waals surface area contributed by atoms with Crippen LogP contribution in [0.3, 0.4) is 0 Å². The minimum absolute atomic E-state index is 0.0489. The van der Waals surface area contributed by atoms with Crippen LogP contribution in [0.25, 0.3) is 0 Å². The molecule has 86 valence electrons. The Bertz CT molecular complexity index is 399. The minimum Gasteiger partial charge on any atom is -0.465 e. The van der Waals surface area contributed by atoms with Gasteiger partial charge in [-0.2, -0.15) is 0 Å². The molecule has 1 aliphatic rings. The number of nitrogens with zero attached hydrogens (tertiary/aromatic N) is 1. The molecule has 0 unspecified atom stereocenters. The molecular formula is C11H13FN2O2. The smallest absolute Gasteiger partial charge is 0.407 e. The lowest BCUT2D eigenvalue weighted by Crippen LogP contribution is -2.61. The van der Waals surface area contributed by atoms with Crippen molar-refractivity contribution in [2.75, 3.05) is 18.8 Å². The first-order valence-corrected chi connectivity index (χ1v) is 5.00. The van der Waals surface area contributed by atoms with Crippen LogP contribution in [0.2, 0.25) is 0 Å². The van der Waals surface area contributed by atoms with Crippen molar-refractivity contribution in [3.8, 4) is 0 Å². The molecule has 2 rings (SSSR count). The molecular weight excluding hydrogens is 211 g/mol. The summed E-state index contributed by atoms with van der Waals surface area (Å²) in [5.74, 6) is 0. The second kappa shape index (κ2) is 3.66. The molecule has 1 aromatic rings. The van der Waals surface area contributed by atoms with Crippen LogP contribution in [0.4, 0.5) is 14.9 Å². The van der Waals surface area contributed by atoms with Crippen LogP contribution in [-0.4, -0.2) is 34.9 Å². The summed E-state index contributed by atoms with van der Waals surface area (Å²) in [7, 11) is 0. The molecule has 0 saturated carbocycles. The summed E-state index contributed by atoms with van der Waals surface area (Å²) in [4.78, 5) is 11.6. The summed E-state index contributed by atoms with van der Waals surface area (Å²) in [5.41, 5.74) is 5.57. The Morgan fingerprint density at radius 1 is 1.44 bits per heavy atom. The van der Waals surface area contributed by atoms with Crippen LogP contribution in [0.15, 0.2) is 24.3 Å². The molecule has 0 aliphatic carbocycles. The summed E-state index contributed by atoms with van der Waals surface area (Å²) in [6.07, 6.45) is -0.831. The Hall–Kier alpha value is -1.78. The van der Waals surface area contributed by atoms with Crippen LogP contribution in [0.5, 0.6) is 0 Å². The fourth-order valence-electron chi connectivity index (χ4n) is 1.89. The van der Waals surface area contributed by atoms with Gasteiger partial charge in [0.05, 0.1) is 13.1 Å². The number of carbonyl (C=O) groups is 1. The maximum absolute atomic E-state index is 14.0. The fourth-order valence-corrected chi connectivity index (χ4v) is 1.89. The van der Waals surface area contributed by atoms with Gasteiger partial charge in [-0.15, -0.1) is 0 Å². The molecule has 1 heterocycles. The zero-order chi connectivity index (χ0) is 11.8. The monoisotopic (exact) mass is 224 g/mol. The number of nitrogens with two attached hydrogens (primary N) is 1. The lowest BCUT2D eigenvalue weighted by Gasteiger charge is -2.42. The van der Waals surface area contributed by atoms with E-state index in [-0.39, 0.29) is 19.5 Å². The van der Waals surface area contributed by atoms with E-state index in [4.69, 9.17) is 10.8 Å². The largest absolute Gasteiger partial charge is 0.465 e. The van der Waals surface area contributed by atoms with Crippen molar-refractivity contribution in [1.29, 1.82) is 0 Å². The van der Waals surface area contributed by atoms with Crippen LogP contribution in [-0.2, 0) is 6.42 Å². The van der Waals surface area contributed by atoms with Gasteiger partial charge >= 0.3 is 6.09 Å². The van der Waals surface area contributed by atoms with Gasteiger partial charge in [-0.3, -0.25) is 0 Å². The van der Waals surface area contributed by atoms with E-state index in [2.05, 4.69) is 0 Å². The van der Waals surface area contributed by atoms with Gasteiger partial charge in [-0.1, -0.05) is 12.1 Å². The van der Waals surface area contributed by atoms with Crippen LogP contribution >= 0.6 is 0 Å². The topological polar surface area (TPSA) is 66.6 Å². The number of nitrogen functional groups attached to an aromatic ring is 1. The normalized spacial score (nSPS) is 17.9. The van der Waals surface area contributed by atoms with Crippen molar-refractivity contribution >= 4 is 11.8 Å². The number of alkyl halides is 1. The summed E-state index contributed by atoms with van der Waals surface area (Å²) in [6, 6.07) is 6.96. The average Bonchev–Trinajstić information content (AvgIpc) is 2.17. The first kappa shape index (κ1) is 10.7. The van der Waals surface area contributed by atoms with Crippen molar-refractivity contribution in [2.24, 2.45) is 0 Å². The van der Waals surface area contributed by atoms with Crippen molar-refractivity contribution in [3.05, 3.63) is 29.8 Å². The number of likely N-dealkylation sites (tertiary alicyclic amines) is 1. The summed E-state index contributed by atoms with van der Waals surface area (Å²) in [6.45, 7) is -0.0978. The molecule has 1 aliphatic heterocycles. The number of halogens is 1. The van der Waals surface area contributed by atoms with Crippen molar-refractivity contribution in [1.82, 2.24) is 4.90 Å². The predicted octanol–water partition coefficient (Wildman–Crippen LogP) is 1.51. The Morgan fingerprint density at radius 3 is 2.50 bits per heavy atom. The fraction of sp³-hybridized carbons (Fsp3) is 0.364. The lowest BCUT2D eigenvalue weighted by atomic mass is 9.89. The first-order chi connectivity index (χ1) is 7.48. The van der Waals surface area contributed by atoms with E-state index in [1.54, 1.807) is 24.3 Å². The van der Waals surface area contributed by atoms with E-state index >= 15 is 0 Å². The SMILES string of the molecule is Nc1ccc(CC2(F)CN(C(=O)O)C2)cc1. The predicted molar refractivity (Wildman–Crippen MR) is 58.0 cm³/mol. The third kappa shape index (κ3) is 2.08. The standard InChI is InChI=1S/C11H13FN2O2/c12-11(6-14(7-11)10(15)16)5-8-1-3-9(13)4-2-8/h1-4H,5-7,13H2,(H,15,16). The van der Waals surface area contributed by atoms with Crippen LogP contribution in [0, 0.1) is 0 Å². The number of amides is 1. The second-order valence-corrected chi connectivity index (χ2v) is 4.21. The zero-order valence-electron chi connectivity index (χ0n) is 8.69. The summed E-state index contributed by atoms with van der Waals surface area (Å²) < 4.78 is 14.0. The third-order valence-corrected chi connectivity index (χ3v) is 2.72. The number of hydrogen-bond acceptors (Lipinski definition) is 2. The highest BCUT2D eigenvalue weighted by Gasteiger charge is 2.45. The molecule has 0 bridgehead atoms. The molecule has 5 heteroatoms. The number of anilines is 1. The van der Waals surface area contributed by atoms with Crippen LogP contribution < -0.4 is 5.73 Å². The molecule has 1 aromatic carbocycles. The van der Waals surface area contributed by atoms with Gasteiger partial charge < -0.3 is 15.7 Å². The Kier molecular flexibility index (Phi) is 2.46. The molecule has 0 atom stereocenters. The van der Waals surface area contributed by atoms with Gasteiger partial charge in [-0.25, -0.2) is 9.18 Å². The van der Waals surface area contributed by atoms with E-state index in [1.165, 1.54) is 0 Å². The molecule has 0 spiro atoms. The number of benzene rings is 1. The van der Waals surface area contributed by atoms with Crippen LogP contribution in [0.1, 0.15) is 5.56 Å². The molecule has 0 radical (unpaired) electrons. The van der Waals surface area contributed by atoms with Gasteiger partial charge in [0, 0.05) is 12.1 Å². The Balaban J connectivity index is 1.96. The van der Waals surface area contributed by atoms with E-state index in [9.17, 15) is 9.18 Å². The molecule has 0 aromatic heterocycles. The van der Waals surface area contributed by atoms with Crippen molar-refractivity contribution in [2.45, 2.75) is 12.1 Å². The lowest BCUT2D eigenvalue weighted by molar-refractivity contribution is -0.0194. The number of rotatable bonds is 2. The van der Waals surface area contributed by atoms with Gasteiger partial charge in [0.15, 0.2) is 0 Å². The molecule has 4 nitrogen and oxygen atoms in total. The highest BCUT2D eigenvalue weighted by Crippen LogP contribution is 2.29. The van der Waals surface area contributed by atoms with Crippen molar-refractivity contribution < 1.29 is 14.3 Å². The Morgan fingerprint density at radius 2 is 2.00 bits per heavy atom. The maximum atomic E-state index is 14.0. The van der Waals surface area contributed by atoms with Gasteiger partial charge in [0.25, 0.3) is 0 Å². The minimum atomic E-state index is -1.42. The van der Waals surface area contributed by atoms with Gasteiger partial charge in [0.1, 0.15) is 5.67 Å². The summed E-state index contributed by atoms with van der Waals surface area (Å²) in [5, 5.41) is 8.61. The first-order valence-electron chi connectivity index (χ1n) is 5.00. The molecule has 1 amide bonds. The van der Waals surface area contributed by atoms with Crippen molar-refractivity contribution in [3.63, 3.8) is 0 Å².